The quantitative estimate of drug-likeness (QED) is 0.809. The number of Topliss-reactive ketones (excluding diaryl/α,β-unsaturated/α-hetero) is 1. The first-order chi connectivity index (χ1) is 11.0. The number of amides is 1. The Kier molecular flexibility index (Phi) is 5.71. The van der Waals surface area contributed by atoms with Crippen LogP contribution < -0.4 is 10.1 Å². The molecule has 23 heavy (non-hydrogen) atoms. The number of halogens is 2. The second-order valence-electron chi connectivity index (χ2n) is 4.82. The Morgan fingerprint density at radius 3 is 2.43 bits per heavy atom. The molecule has 120 valence electrons. The highest BCUT2D eigenvalue weighted by atomic mass is 35.5. The van der Waals surface area contributed by atoms with Crippen molar-refractivity contribution in [3.8, 4) is 5.75 Å². The molecule has 0 aromatic heterocycles. The summed E-state index contributed by atoms with van der Waals surface area (Å²) in [6.45, 7) is 0. The van der Waals surface area contributed by atoms with Crippen LogP contribution >= 0.6 is 11.6 Å². The van der Waals surface area contributed by atoms with Gasteiger partial charge in [0.1, 0.15) is 11.6 Å². The molecule has 0 radical (unpaired) electrons. The van der Waals surface area contributed by atoms with Gasteiger partial charge in [-0.25, -0.2) is 4.39 Å². The van der Waals surface area contributed by atoms with Crippen LogP contribution in [0.3, 0.4) is 0 Å². The average molecular weight is 336 g/mol. The predicted molar refractivity (Wildman–Crippen MR) is 86.6 cm³/mol. The van der Waals surface area contributed by atoms with Crippen LogP contribution in [0.4, 0.5) is 10.1 Å². The van der Waals surface area contributed by atoms with Crippen molar-refractivity contribution in [1.29, 1.82) is 0 Å². The number of rotatable bonds is 6. The minimum Gasteiger partial charge on any atom is -0.497 e. The standard InChI is InChI=1S/C17H15ClFNO3/c1-23-13-5-2-11(3-6-13)16(21)8-9-17(22)20-15-7-4-12(18)10-14(15)19/h2-7,10H,8-9H2,1H3,(H,20,22). The minimum absolute atomic E-state index is 0.0348. The first-order valence-electron chi connectivity index (χ1n) is 6.92. The van der Waals surface area contributed by atoms with Gasteiger partial charge in [0.15, 0.2) is 5.78 Å². The molecule has 0 saturated heterocycles. The summed E-state index contributed by atoms with van der Waals surface area (Å²) in [6, 6.07) is 10.6. The molecule has 0 fully saturated rings. The van der Waals surface area contributed by atoms with E-state index < -0.39 is 11.7 Å². The molecule has 0 aliphatic heterocycles. The van der Waals surface area contributed by atoms with Crippen LogP contribution in [0.5, 0.6) is 5.75 Å². The molecule has 4 nitrogen and oxygen atoms in total. The van der Waals surface area contributed by atoms with E-state index in [1.807, 2.05) is 0 Å². The number of hydrogen-bond donors (Lipinski definition) is 1. The number of nitrogens with one attached hydrogen (secondary N) is 1. The van der Waals surface area contributed by atoms with Gasteiger partial charge in [-0.3, -0.25) is 9.59 Å². The zero-order valence-electron chi connectivity index (χ0n) is 12.4. The number of benzene rings is 2. The van der Waals surface area contributed by atoms with Gasteiger partial charge < -0.3 is 10.1 Å². The summed E-state index contributed by atoms with van der Waals surface area (Å²) in [5, 5.41) is 2.66. The Bertz CT molecular complexity index is 716. The summed E-state index contributed by atoms with van der Waals surface area (Å²) in [7, 11) is 1.54. The molecule has 2 rings (SSSR count). The first kappa shape index (κ1) is 17.0. The lowest BCUT2D eigenvalue weighted by atomic mass is 10.1. The van der Waals surface area contributed by atoms with Gasteiger partial charge in [-0.1, -0.05) is 11.6 Å². The van der Waals surface area contributed by atoms with Crippen LogP contribution in [0.2, 0.25) is 5.02 Å². The van der Waals surface area contributed by atoms with Crippen molar-refractivity contribution in [3.05, 3.63) is 58.9 Å². The van der Waals surface area contributed by atoms with Crippen molar-refractivity contribution in [2.24, 2.45) is 0 Å². The number of anilines is 1. The van der Waals surface area contributed by atoms with Gasteiger partial charge in [0.25, 0.3) is 0 Å². The van der Waals surface area contributed by atoms with E-state index in [1.54, 1.807) is 24.3 Å². The van der Waals surface area contributed by atoms with E-state index >= 15 is 0 Å². The molecule has 0 saturated carbocycles. The Hall–Kier alpha value is -2.40. The highest BCUT2D eigenvalue weighted by molar-refractivity contribution is 6.30. The molecule has 1 amide bonds. The summed E-state index contributed by atoms with van der Waals surface area (Å²) < 4.78 is 18.6. The molecule has 0 unspecified atom stereocenters. The maximum Gasteiger partial charge on any atom is 0.224 e. The molecule has 0 bridgehead atoms. The number of carbonyl (C=O) groups is 2. The van der Waals surface area contributed by atoms with Crippen LogP contribution in [0.1, 0.15) is 23.2 Å². The van der Waals surface area contributed by atoms with Gasteiger partial charge in [-0.15, -0.1) is 0 Å². The van der Waals surface area contributed by atoms with E-state index in [0.717, 1.165) is 6.07 Å². The van der Waals surface area contributed by atoms with Crippen LogP contribution in [-0.2, 0) is 4.79 Å². The van der Waals surface area contributed by atoms with E-state index in [4.69, 9.17) is 16.3 Å². The van der Waals surface area contributed by atoms with E-state index in [1.165, 1.54) is 19.2 Å². The fraction of sp³-hybridized carbons (Fsp3) is 0.176. The first-order valence-corrected chi connectivity index (χ1v) is 7.29. The van der Waals surface area contributed by atoms with Crippen molar-refractivity contribution in [2.45, 2.75) is 12.8 Å². The van der Waals surface area contributed by atoms with Crippen LogP contribution in [-0.4, -0.2) is 18.8 Å². The predicted octanol–water partition coefficient (Wildman–Crippen LogP) is 4.09. The van der Waals surface area contributed by atoms with Crippen molar-refractivity contribution in [2.75, 3.05) is 12.4 Å². The van der Waals surface area contributed by atoms with Gasteiger partial charge in [0, 0.05) is 23.4 Å². The summed E-state index contributed by atoms with van der Waals surface area (Å²) in [4.78, 5) is 23.8. The van der Waals surface area contributed by atoms with Gasteiger partial charge in [-0.2, -0.15) is 0 Å². The topological polar surface area (TPSA) is 55.4 Å². The molecular formula is C17H15ClFNO3. The smallest absolute Gasteiger partial charge is 0.224 e. The summed E-state index contributed by atoms with van der Waals surface area (Å²) >= 11 is 5.64. The Labute approximate surface area is 138 Å². The fourth-order valence-corrected chi connectivity index (χ4v) is 2.11. The Morgan fingerprint density at radius 1 is 1.13 bits per heavy atom. The molecule has 1 N–H and O–H groups in total. The van der Waals surface area contributed by atoms with E-state index in [9.17, 15) is 14.0 Å². The molecule has 6 heteroatoms. The largest absolute Gasteiger partial charge is 0.497 e. The number of ether oxygens (including phenoxy) is 1. The van der Waals surface area contributed by atoms with E-state index in [2.05, 4.69) is 5.32 Å². The molecule has 0 aliphatic carbocycles. The van der Waals surface area contributed by atoms with E-state index in [0.29, 0.717) is 11.3 Å². The molecule has 0 spiro atoms. The zero-order chi connectivity index (χ0) is 16.8. The fourth-order valence-electron chi connectivity index (χ4n) is 1.95. The van der Waals surface area contributed by atoms with E-state index in [-0.39, 0.29) is 29.3 Å². The summed E-state index contributed by atoms with van der Waals surface area (Å²) in [6.07, 6.45) is 0.000298. The zero-order valence-corrected chi connectivity index (χ0v) is 13.2. The minimum atomic E-state index is -0.618. The molecular weight excluding hydrogens is 321 g/mol. The highest BCUT2D eigenvalue weighted by Gasteiger charge is 2.11. The van der Waals surface area contributed by atoms with Crippen molar-refractivity contribution >= 4 is 29.0 Å². The monoisotopic (exact) mass is 335 g/mol. The van der Waals surface area contributed by atoms with Gasteiger partial charge >= 0.3 is 0 Å². The molecule has 2 aromatic carbocycles. The van der Waals surface area contributed by atoms with Crippen molar-refractivity contribution < 1.29 is 18.7 Å². The third-order valence-electron chi connectivity index (χ3n) is 3.20. The van der Waals surface area contributed by atoms with Crippen LogP contribution in [0.25, 0.3) is 0 Å². The second kappa shape index (κ2) is 7.74. The van der Waals surface area contributed by atoms with Gasteiger partial charge in [-0.05, 0) is 42.5 Å². The normalized spacial score (nSPS) is 10.2. The molecule has 2 aromatic rings. The van der Waals surface area contributed by atoms with Crippen LogP contribution in [0, 0.1) is 5.82 Å². The summed E-state index contributed by atoms with van der Waals surface area (Å²) in [5.74, 6) is -0.572. The third kappa shape index (κ3) is 4.79. The summed E-state index contributed by atoms with van der Waals surface area (Å²) in [5.41, 5.74) is 0.535. The maximum absolute atomic E-state index is 13.6. The Morgan fingerprint density at radius 2 is 1.83 bits per heavy atom. The lowest BCUT2D eigenvalue weighted by Gasteiger charge is -2.07. The van der Waals surface area contributed by atoms with Gasteiger partial charge in [0.2, 0.25) is 5.91 Å². The molecule has 0 heterocycles. The van der Waals surface area contributed by atoms with Crippen molar-refractivity contribution in [1.82, 2.24) is 0 Å². The van der Waals surface area contributed by atoms with Crippen molar-refractivity contribution in [3.63, 3.8) is 0 Å². The lowest BCUT2D eigenvalue weighted by Crippen LogP contribution is -2.14. The third-order valence-corrected chi connectivity index (χ3v) is 3.43. The number of methoxy groups -OCH3 is 1. The Balaban J connectivity index is 1.89. The second-order valence-corrected chi connectivity index (χ2v) is 5.26. The number of ketones is 1. The number of hydrogen-bond acceptors (Lipinski definition) is 3. The van der Waals surface area contributed by atoms with Crippen LogP contribution in [0.15, 0.2) is 42.5 Å². The maximum atomic E-state index is 13.6. The average Bonchev–Trinajstić information content (AvgIpc) is 2.55. The number of carbonyl (C=O) groups excluding carboxylic acids is 2. The van der Waals surface area contributed by atoms with Gasteiger partial charge in [0.05, 0.1) is 12.8 Å². The highest BCUT2D eigenvalue weighted by Crippen LogP contribution is 2.19. The molecule has 0 aliphatic rings. The SMILES string of the molecule is COc1ccc(C(=O)CCC(=O)Nc2ccc(Cl)cc2F)cc1. The molecule has 0 atom stereocenters. The lowest BCUT2D eigenvalue weighted by molar-refractivity contribution is -0.116.